The molecule has 3 N–H and O–H groups in total. The molecule has 0 rings (SSSR count). The van der Waals surface area contributed by atoms with Crippen molar-refractivity contribution in [2.24, 2.45) is 5.73 Å². The lowest BCUT2D eigenvalue weighted by Crippen LogP contribution is -2.39. The molecule has 2 atom stereocenters. The number of carbonyl (C=O) groups is 1. The zero-order valence-electron chi connectivity index (χ0n) is 6.97. The van der Waals surface area contributed by atoms with Gasteiger partial charge in [0.1, 0.15) is 11.8 Å². The first-order chi connectivity index (χ1) is 5.72. The third-order valence-corrected chi connectivity index (χ3v) is 2.94. The highest BCUT2D eigenvalue weighted by molar-refractivity contribution is 7.96. The topological polar surface area (TPSA) is 63.3 Å². The Hall–Kier alpha value is -0.430. The molecule has 0 amide bonds. The number of carboxylic acids is 1. The van der Waals surface area contributed by atoms with Crippen molar-refractivity contribution in [1.82, 2.24) is 0 Å². The van der Waals surface area contributed by atoms with E-state index in [0.717, 1.165) is 0 Å². The molecule has 0 aromatic rings. The van der Waals surface area contributed by atoms with Crippen LogP contribution in [0.25, 0.3) is 0 Å². The Morgan fingerprint density at radius 3 is 2.38 bits per heavy atom. The molecular weight excluding hydrogens is 207 g/mol. The van der Waals surface area contributed by atoms with Gasteiger partial charge in [0.25, 0.3) is 0 Å². The van der Waals surface area contributed by atoms with Crippen LogP contribution in [0.4, 0.5) is 13.2 Å². The van der Waals surface area contributed by atoms with E-state index in [-0.39, 0.29) is 5.75 Å². The summed E-state index contributed by atoms with van der Waals surface area (Å²) in [7, 11) is -1.02. The fraction of sp³-hybridized carbons (Fsp3) is 0.833. The van der Waals surface area contributed by atoms with Gasteiger partial charge >= 0.3 is 12.1 Å². The van der Waals surface area contributed by atoms with E-state index in [9.17, 15) is 18.0 Å². The van der Waals surface area contributed by atoms with Crippen molar-refractivity contribution >= 4 is 16.9 Å². The fourth-order valence-corrected chi connectivity index (χ4v) is 2.15. The van der Waals surface area contributed by atoms with Crippen LogP contribution in [0.15, 0.2) is 0 Å². The molecule has 0 spiro atoms. The van der Waals surface area contributed by atoms with Crippen LogP contribution in [0.2, 0.25) is 0 Å². The maximum Gasteiger partial charge on any atom is 0.433 e. The van der Waals surface area contributed by atoms with Crippen molar-refractivity contribution in [3.8, 4) is 0 Å². The lowest BCUT2D eigenvalue weighted by Gasteiger charge is -2.08. The summed E-state index contributed by atoms with van der Waals surface area (Å²) in [6.45, 7) is 0. The van der Waals surface area contributed by atoms with Gasteiger partial charge in [0.15, 0.2) is 0 Å². The van der Waals surface area contributed by atoms with Gasteiger partial charge in [0, 0.05) is 0 Å². The van der Waals surface area contributed by atoms with E-state index in [0.29, 0.717) is 0 Å². The maximum atomic E-state index is 11.8. The normalized spacial score (nSPS) is 16.7. The Morgan fingerprint density at radius 1 is 1.62 bits per heavy atom. The number of hydrogen-bond acceptors (Lipinski definition) is 2. The quantitative estimate of drug-likeness (QED) is 0.663. The first-order valence-corrected chi connectivity index (χ1v) is 5.34. The number of hydrogen-bond donors (Lipinski definition) is 2. The van der Waals surface area contributed by atoms with Crippen LogP contribution in [0.1, 0.15) is 0 Å². The molecule has 78 valence electrons. The van der Waals surface area contributed by atoms with E-state index in [1.54, 1.807) is 0 Å². The molecule has 0 aromatic carbocycles. The summed E-state index contributed by atoms with van der Waals surface area (Å²) in [5, 5.41) is 8.33. The second-order valence-corrected chi connectivity index (χ2v) is 4.84. The zero-order chi connectivity index (χ0) is 10.6. The van der Waals surface area contributed by atoms with E-state index in [1.165, 1.54) is 6.26 Å². The summed E-state index contributed by atoms with van der Waals surface area (Å²) >= 11 is 0. The first kappa shape index (κ1) is 12.6. The Balaban J connectivity index is 3.88. The number of alkyl halides is 3. The highest BCUT2D eigenvalue weighted by Gasteiger charge is 2.37. The van der Waals surface area contributed by atoms with Crippen molar-refractivity contribution in [3.05, 3.63) is 0 Å². The van der Waals surface area contributed by atoms with Crippen LogP contribution in [-0.2, 0) is 15.7 Å². The van der Waals surface area contributed by atoms with Gasteiger partial charge in [-0.3, -0.25) is 4.79 Å². The second-order valence-electron chi connectivity index (χ2n) is 2.65. The average molecular weight is 218 g/mol. The monoisotopic (exact) mass is 218 g/mol. The van der Waals surface area contributed by atoms with Crippen LogP contribution in [0.3, 0.4) is 0 Å². The highest BCUT2D eigenvalue weighted by atomic mass is 32.2. The van der Waals surface area contributed by atoms with Crippen molar-refractivity contribution in [2.75, 3.05) is 17.8 Å². The van der Waals surface area contributed by atoms with Gasteiger partial charge in [0.2, 0.25) is 5.75 Å². The van der Waals surface area contributed by atoms with Crippen molar-refractivity contribution < 1.29 is 23.1 Å². The molecule has 0 aliphatic carbocycles. The molecule has 1 unspecified atom stereocenters. The molecular formula is C6H11F3NO2S+. The molecule has 0 heterocycles. The molecule has 3 nitrogen and oxygen atoms in total. The van der Waals surface area contributed by atoms with Crippen molar-refractivity contribution in [1.29, 1.82) is 0 Å². The number of aliphatic carboxylic acids is 1. The molecule has 0 radical (unpaired) electrons. The molecule has 0 saturated carbocycles. The average Bonchev–Trinajstić information content (AvgIpc) is 1.81. The summed E-state index contributed by atoms with van der Waals surface area (Å²) in [6, 6.07) is -1.20. The Kier molecular flexibility index (Phi) is 4.55. The lowest BCUT2D eigenvalue weighted by molar-refractivity contribution is -0.138. The molecule has 0 saturated heterocycles. The van der Waals surface area contributed by atoms with Gasteiger partial charge in [-0.25, -0.2) is 0 Å². The van der Waals surface area contributed by atoms with E-state index in [2.05, 4.69) is 0 Å². The Morgan fingerprint density at radius 2 is 2.08 bits per heavy atom. The van der Waals surface area contributed by atoms with Gasteiger partial charge in [-0.2, -0.15) is 13.2 Å². The lowest BCUT2D eigenvalue weighted by atomic mass is 10.4. The largest absolute Gasteiger partial charge is 0.480 e. The van der Waals surface area contributed by atoms with E-state index in [4.69, 9.17) is 10.8 Å². The molecule has 0 aliphatic heterocycles. The van der Waals surface area contributed by atoms with Crippen LogP contribution in [0.5, 0.6) is 0 Å². The predicted octanol–water partition coefficient (Wildman–Crippen LogP) is 0.209. The summed E-state index contributed by atoms with van der Waals surface area (Å²) in [5.41, 5.74) is 5.08. The Bertz CT molecular complexity index is 185. The molecule has 0 aliphatic rings. The number of rotatable bonds is 4. The second kappa shape index (κ2) is 4.71. The predicted molar refractivity (Wildman–Crippen MR) is 44.7 cm³/mol. The van der Waals surface area contributed by atoms with Crippen LogP contribution < -0.4 is 5.73 Å². The molecule has 0 aromatic heterocycles. The van der Waals surface area contributed by atoms with Crippen LogP contribution >= 0.6 is 0 Å². The van der Waals surface area contributed by atoms with Gasteiger partial charge < -0.3 is 10.8 Å². The minimum Gasteiger partial charge on any atom is -0.480 e. The van der Waals surface area contributed by atoms with E-state index >= 15 is 0 Å². The van der Waals surface area contributed by atoms with Crippen LogP contribution in [0, 0.1) is 0 Å². The first-order valence-electron chi connectivity index (χ1n) is 3.36. The minimum absolute atomic E-state index is 0.130. The number of carboxylic acid groups (broad SMARTS) is 1. The fourth-order valence-electron chi connectivity index (χ4n) is 0.716. The summed E-state index contributed by atoms with van der Waals surface area (Å²) in [4.78, 5) is 10.2. The van der Waals surface area contributed by atoms with Gasteiger partial charge in [-0.15, -0.1) is 0 Å². The summed E-state index contributed by atoms with van der Waals surface area (Å²) < 4.78 is 35.3. The molecule has 0 bridgehead atoms. The minimum atomic E-state index is -4.24. The van der Waals surface area contributed by atoms with Crippen molar-refractivity contribution in [2.45, 2.75) is 12.2 Å². The van der Waals surface area contributed by atoms with Gasteiger partial charge in [-0.05, 0) is 10.9 Å². The summed E-state index contributed by atoms with van der Waals surface area (Å²) in [6.07, 6.45) is -2.88. The Labute approximate surface area is 76.4 Å². The smallest absolute Gasteiger partial charge is 0.433 e. The summed E-state index contributed by atoms with van der Waals surface area (Å²) in [5.74, 6) is -2.36. The molecule has 7 heteroatoms. The van der Waals surface area contributed by atoms with E-state index in [1.807, 2.05) is 0 Å². The maximum absolute atomic E-state index is 11.8. The van der Waals surface area contributed by atoms with E-state index < -0.39 is 34.8 Å². The molecule has 13 heavy (non-hydrogen) atoms. The standard InChI is InChI=1S/C6H10F3NO2S/c1-13(3-6(7,8)9)2-4(10)5(11)12/h4H,2-3,10H2,1H3/p+1/t4-,13?/m0/s1. The van der Waals surface area contributed by atoms with Gasteiger partial charge in [-0.1, -0.05) is 0 Å². The SMILES string of the molecule is C[S+](C[C@H](N)C(=O)O)CC(F)(F)F. The van der Waals surface area contributed by atoms with Gasteiger partial charge in [0.05, 0.1) is 6.26 Å². The zero-order valence-corrected chi connectivity index (χ0v) is 7.78. The highest BCUT2D eigenvalue weighted by Crippen LogP contribution is 2.17. The molecule has 0 fully saturated rings. The van der Waals surface area contributed by atoms with Crippen LogP contribution in [-0.4, -0.2) is 41.1 Å². The third-order valence-electron chi connectivity index (χ3n) is 1.19. The number of halogens is 3. The third kappa shape index (κ3) is 6.71. The van der Waals surface area contributed by atoms with Crippen molar-refractivity contribution in [3.63, 3.8) is 0 Å². The number of nitrogens with two attached hydrogens (primary N) is 1.